The van der Waals surface area contributed by atoms with Crippen LogP contribution in [0.15, 0.2) is 294 Å². The van der Waals surface area contributed by atoms with Crippen molar-refractivity contribution in [3.63, 3.8) is 0 Å². The van der Waals surface area contributed by atoms with Gasteiger partial charge in [0.1, 0.15) is 25.3 Å². The lowest BCUT2D eigenvalue weighted by atomic mass is 10.1. The number of hydrogen-bond acceptors (Lipinski definition) is 15. The number of nitrogens with zero attached hydrogens (tertiary/aromatic N) is 18. The van der Waals surface area contributed by atoms with E-state index in [-0.39, 0.29) is 0 Å². The summed E-state index contributed by atoms with van der Waals surface area (Å²) in [6.07, 6.45) is 33.6. The quantitative estimate of drug-likeness (QED) is 0.128. The summed E-state index contributed by atoms with van der Waals surface area (Å²) < 4.78 is 5.17. The zero-order chi connectivity index (χ0) is 72.5. The standard InChI is InChI=1S/5C10H9N.C9H8N2.4C4H6N2.2C3H5N3/c1-8-4-2-6-10-9(8)5-3-7-11-10;1-8-3-2-4-9-7-11-6-5-10(8)9;1-8-6-11-7-9-4-2-3-5-10(8)9;1-8-10-5-3-2-4-9(10)6-7-11-8;1-8-6-7-11-10-5-3-2-4-9(8)10;1-7-3-2-4-8-9(7)11-6-5-10-8;1-4-2-5-6-3-4;1-6-4-2-3-5-6;2*1-4-2-3-5-6-4;1-6-2-4-5-3-6;1-6-3-4-2-5-6/h5*2-7H,1H3;2-6H,1H3;2-3H,1H3,(H,5,6);2-4H,1H3;2*2-3H,1H3,(H,5,6);2*2-3H,1H3. The predicted molar refractivity (Wildman–Crippen MR) is 412 cm³/mol. The van der Waals surface area contributed by atoms with Crippen LogP contribution >= 0.6 is 0 Å². The molecule has 0 saturated carbocycles. The Morgan fingerprint density at radius 1 is 0.324 bits per heavy atom. The van der Waals surface area contributed by atoms with Gasteiger partial charge >= 0.3 is 0 Å². The minimum Gasteiger partial charge on any atom is -0.323 e. The van der Waals surface area contributed by atoms with Crippen molar-refractivity contribution >= 4 is 65.2 Å². The van der Waals surface area contributed by atoms with Crippen LogP contribution in [0.2, 0.25) is 0 Å². The Balaban J connectivity index is 0.000000157. The number of benzene rings is 6. The van der Waals surface area contributed by atoms with Crippen molar-refractivity contribution < 1.29 is 0 Å². The fourth-order valence-corrected chi connectivity index (χ4v) is 9.29. The summed E-state index contributed by atoms with van der Waals surface area (Å²) in [7, 11) is 5.59. The number of aryl methyl sites for hydroxylation is 12. The zero-order valence-electron chi connectivity index (χ0n) is 59.8. The van der Waals surface area contributed by atoms with Crippen molar-refractivity contribution in [2.45, 2.75) is 62.3 Å². The number of aromatic nitrogens is 21. The highest BCUT2D eigenvalue weighted by molar-refractivity contribution is 5.86. The molecule has 0 spiro atoms. The van der Waals surface area contributed by atoms with Crippen LogP contribution in [0.25, 0.3) is 65.2 Å². The second kappa shape index (κ2) is 42.5. The smallest absolute Gasteiger partial charge is 0.137 e. The van der Waals surface area contributed by atoms with Gasteiger partial charge in [-0.15, -0.1) is 10.2 Å². The maximum Gasteiger partial charge on any atom is 0.137 e. The summed E-state index contributed by atoms with van der Waals surface area (Å²) in [4.78, 5) is 32.9. The van der Waals surface area contributed by atoms with Gasteiger partial charge in [0.25, 0.3) is 0 Å². The lowest BCUT2D eigenvalue weighted by Crippen LogP contribution is -1.83. The van der Waals surface area contributed by atoms with E-state index in [0.29, 0.717) is 0 Å². The van der Waals surface area contributed by atoms with Crippen LogP contribution in [0.1, 0.15) is 50.5 Å². The van der Waals surface area contributed by atoms with Crippen molar-refractivity contribution in [1.82, 2.24) is 105 Å². The number of nitrogens with one attached hydrogen (secondary N) is 3. The molecule has 18 rings (SSSR count). The molecule has 3 N–H and O–H groups in total. The van der Waals surface area contributed by atoms with Crippen LogP contribution in [0.4, 0.5) is 0 Å². The Labute approximate surface area is 595 Å². The summed E-state index contributed by atoms with van der Waals surface area (Å²) in [6, 6.07) is 59.0. The van der Waals surface area contributed by atoms with Gasteiger partial charge < -0.3 is 4.57 Å². The summed E-state index contributed by atoms with van der Waals surface area (Å²) >= 11 is 0. The summed E-state index contributed by atoms with van der Waals surface area (Å²) in [5.74, 6) is 0. The Morgan fingerprint density at radius 2 is 0.873 bits per heavy atom. The van der Waals surface area contributed by atoms with Gasteiger partial charge in [-0.05, 0) is 173 Å². The summed E-state index contributed by atoms with van der Waals surface area (Å²) in [5, 5.41) is 43.9. The van der Waals surface area contributed by atoms with E-state index in [4.69, 9.17) is 0 Å². The average molecular weight is 1350 g/mol. The van der Waals surface area contributed by atoms with Crippen molar-refractivity contribution in [2.75, 3.05) is 0 Å². The normalized spacial score (nSPS) is 9.76. The van der Waals surface area contributed by atoms with E-state index in [0.717, 1.165) is 39.1 Å². The number of H-pyrrole nitrogens is 3. The van der Waals surface area contributed by atoms with Gasteiger partial charge in [-0.1, -0.05) is 115 Å². The van der Waals surface area contributed by atoms with Gasteiger partial charge in [0.05, 0.1) is 28.3 Å². The molecular formula is C81H87N21. The van der Waals surface area contributed by atoms with Gasteiger partial charge in [-0.3, -0.25) is 59.5 Å². The van der Waals surface area contributed by atoms with Crippen LogP contribution in [0.5, 0.6) is 0 Å². The zero-order valence-corrected chi connectivity index (χ0v) is 59.8. The van der Waals surface area contributed by atoms with Crippen LogP contribution in [0, 0.1) is 62.3 Å². The maximum atomic E-state index is 4.24. The third kappa shape index (κ3) is 26.7. The molecule has 516 valence electrons. The van der Waals surface area contributed by atoms with Crippen LogP contribution in [-0.4, -0.2) is 105 Å². The predicted octanol–water partition coefficient (Wildman–Crippen LogP) is 16.9. The van der Waals surface area contributed by atoms with E-state index in [1.807, 2.05) is 221 Å². The first-order valence-corrected chi connectivity index (χ1v) is 32.7. The number of hydrogen-bond donors (Lipinski definition) is 3. The average Bonchev–Trinajstić information content (AvgIpc) is 1.10. The Morgan fingerprint density at radius 3 is 1.39 bits per heavy atom. The Hall–Kier alpha value is -13.2. The SMILES string of the molecule is Cc1cccc2cnccc12.Cc1cccc2ncccc12.Cc1cccc2nccnc12.Cc1ccn[nH]1.Cc1ccn[nH]1.Cc1ccnc2ccccc12.Cc1cn[nH]c1.Cc1cncc2ccccc12.Cc1nccc2ccccc12.Cn1cccn1.Cn1cncn1.Cn1cnnc1. The molecule has 0 atom stereocenters. The number of fused-ring (bicyclic) bond motifs is 6. The number of pyridine rings is 5. The molecule has 0 radical (unpaired) electrons. The molecule has 0 saturated heterocycles. The molecule has 0 amide bonds. The highest BCUT2D eigenvalue weighted by Crippen LogP contribution is 2.19. The highest BCUT2D eigenvalue weighted by atomic mass is 15.3. The van der Waals surface area contributed by atoms with Crippen molar-refractivity contribution in [1.29, 1.82) is 0 Å². The van der Waals surface area contributed by atoms with Crippen molar-refractivity contribution in [3.05, 3.63) is 345 Å². The van der Waals surface area contributed by atoms with Gasteiger partial charge in [0.2, 0.25) is 0 Å². The van der Waals surface area contributed by atoms with E-state index in [9.17, 15) is 0 Å². The van der Waals surface area contributed by atoms with Crippen LogP contribution in [0.3, 0.4) is 0 Å². The number of para-hydroxylation sites is 2. The molecule has 12 aromatic heterocycles. The first-order valence-electron chi connectivity index (χ1n) is 32.7. The highest BCUT2D eigenvalue weighted by Gasteiger charge is 1.99. The van der Waals surface area contributed by atoms with E-state index in [1.54, 1.807) is 70.1 Å². The molecule has 0 unspecified atom stereocenters. The fourth-order valence-electron chi connectivity index (χ4n) is 9.29. The number of rotatable bonds is 0. The van der Waals surface area contributed by atoms with Crippen molar-refractivity contribution in [3.8, 4) is 0 Å². The lowest BCUT2D eigenvalue weighted by molar-refractivity contribution is 0.765. The molecule has 0 fully saturated rings. The van der Waals surface area contributed by atoms with Gasteiger partial charge in [-0.25, -0.2) is 4.98 Å². The van der Waals surface area contributed by atoms with Crippen molar-refractivity contribution in [2.24, 2.45) is 21.1 Å². The lowest BCUT2D eigenvalue weighted by Gasteiger charge is -1.98. The molecule has 21 heteroatoms. The molecule has 0 aliphatic heterocycles. The third-order valence-electron chi connectivity index (χ3n) is 14.7. The molecule has 102 heavy (non-hydrogen) atoms. The monoisotopic (exact) mass is 1350 g/mol. The molecule has 18 aromatic rings. The van der Waals surface area contributed by atoms with Gasteiger partial charge in [0.15, 0.2) is 0 Å². The van der Waals surface area contributed by atoms with E-state index >= 15 is 0 Å². The Bertz CT molecular complexity index is 4340. The second-order valence-corrected chi connectivity index (χ2v) is 22.9. The number of aromatic amines is 3. The first kappa shape index (κ1) is 76.2. The maximum absolute atomic E-state index is 4.24. The van der Waals surface area contributed by atoms with E-state index in [2.05, 4.69) is 185 Å². The van der Waals surface area contributed by atoms with E-state index in [1.165, 1.54) is 82.8 Å². The molecular weight excluding hydrogens is 1270 g/mol. The third-order valence-corrected chi connectivity index (χ3v) is 14.7. The molecule has 0 aliphatic carbocycles. The topological polar surface area (TPSA) is 256 Å². The Kier molecular flexibility index (Phi) is 31.7. The molecule has 0 aliphatic rings. The van der Waals surface area contributed by atoms with E-state index < -0.39 is 0 Å². The summed E-state index contributed by atoms with van der Waals surface area (Å²) in [5.41, 5.74) is 14.9. The van der Waals surface area contributed by atoms with Gasteiger partial charge in [0, 0.05) is 152 Å². The molecule has 0 bridgehead atoms. The molecule has 6 aromatic carbocycles. The fraction of sp³-hybridized carbons (Fsp3) is 0.148. The largest absolute Gasteiger partial charge is 0.323 e. The minimum absolute atomic E-state index is 0.965. The first-order chi connectivity index (χ1) is 49.6. The molecule has 21 nitrogen and oxygen atoms in total. The van der Waals surface area contributed by atoms with Gasteiger partial charge in [-0.2, -0.15) is 25.5 Å². The van der Waals surface area contributed by atoms with Crippen LogP contribution in [-0.2, 0) is 21.1 Å². The summed E-state index contributed by atoms with van der Waals surface area (Å²) in [6.45, 7) is 18.4. The van der Waals surface area contributed by atoms with Crippen LogP contribution < -0.4 is 0 Å². The second-order valence-electron chi connectivity index (χ2n) is 22.9. The molecule has 12 heterocycles. The minimum atomic E-state index is 0.965.